The molecular weight excluding hydrogens is 432 g/mol. The average Bonchev–Trinajstić information content (AvgIpc) is 3.25. The lowest BCUT2D eigenvalue weighted by molar-refractivity contribution is -0.116. The molecule has 164 valence electrons. The van der Waals surface area contributed by atoms with Gasteiger partial charge in [-0.15, -0.1) is 21.5 Å². The minimum Gasteiger partial charge on any atom is -0.326 e. The van der Waals surface area contributed by atoms with Gasteiger partial charge < -0.3 is 15.2 Å². The third-order valence-corrected chi connectivity index (χ3v) is 6.74. The molecule has 0 radical (unpaired) electrons. The zero-order valence-electron chi connectivity index (χ0n) is 18.2. The third kappa shape index (κ3) is 5.92. The first-order chi connectivity index (χ1) is 14.8. The largest absolute Gasteiger partial charge is 0.326 e. The third-order valence-electron chi connectivity index (χ3n) is 4.67. The van der Waals surface area contributed by atoms with Crippen LogP contribution in [0.4, 0.5) is 10.8 Å². The molecule has 2 amide bonds. The standard InChI is InChI=1S/C21H26N6O2S2/c1-6-27-17(11-18(28)23-16-9-7-12(2)8-10-16)25-26-21(27)31-15(5)19(29)24-20-22-13(3)14(4)30-20/h7-10,15H,6,11H2,1-5H3,(H,23,28)(H,22,24,29)/t15-/m0/s1. The van der Waals surface area contributed by atoms with E-state index < -0.39 is 5.25 Å². The highest BCUT2D eigenvalue weighted by molar-refractivity contribution is 8.00. The van der Waals surface area contributed by atoms with Gasteiger partial charge in [0, 0.05) is 17.1 Å². The van der Waals surface area contributed by atoms with E-state index in [-0.39, 0.29) is 18.2 Å². The van der Waals surface area contributed by atoms with E-state index in [2.05, 4.69) is 25.8 Å². The summed E-state index contributed by atoms with van der Waals surface area (Å²) in [4.78, 5) is 30.4. The number of thiazole rings is 1. The molecule has 8 nitrogen and oxygen atoms in total. The number of aryl methyl sites for hydroxylation is 3. The summed E-state index contributed by atoms with van der Waals surface area (Å²) in [6.07, 6.45) is 0.105. The molecule has 1 aromatic carbocycles. The number of nitrogens with zero attached hydrogens (tertiary/aromatic N) is 4. The Hall–Kier alpha value is -2.72. The summed E-state index contributed by atoms with van der Waals surface area (Å²) < 4.78 is 1.86. The topological polar surface area (TPSA) is 102 Å². The van der Waals surface area contributed by atoms with Crippen molar-refractivity contribution in [3.05, 3.63) is 46.2 Å². The van der Waals surface area contributed by atoms with Crippen LogP contribution in [0.25, 0.3) is 0 Å². The maximum Gasteiger partial charge on any atom is 0.239 e. The second-order valence-corrected chi connectivity index (χ2v) is 9.66. The summed E-state index contributed by atoms with van der Waals surface area (Å²) in [5.74, 6) is 0.249. The Labute approximate surface area is 189 Å². The van der Waals surface area contributed by atoms with Crippen molar-refractivity contribution in [3.63, 3.8) is 0 Å². The van der Waals surface area contributed by atoms with Crippen LogP contribution in [0.3, 0.4) is 0 Å². The zero-order valence-corrected chi connectivity index (χ0v) is 19.9. The quantitative estimate of drug-likeness (QED) is 0.495. The number of aromatic nitrogens is 4. The lowest BCUT2D eigenvalue weighted by Gasteiger charge is -2.12. The number of hydrogen-bond donors (Lipinski definition) is 2. The van der Waals surface area contributed by atoms with Crippen LogP contribution in [0.2, 0.25) is 0 Å². The van der Waals surface area contributed by atoms with Crippen molar-refractivity contribution < 1.29 is 9.59 Å². The predicted molar refractivity (Wildman–Crippen MR) is 125 cm³/mol. The SMILES string of the molecule is CCn1c(CC(=O)Nc2ccc(C)cc2)nnc1S[C@@H](C)C(=O)Nc1nc(C)c(C)s1. The fraction of sp³-hybridized carbons (Fsp3) is 0.381. The highest BCUT2D eigenvalue weighted by atomic mass is 32.2. The summed E-state index contributed by atoms with van der Waals surface area (Å²) in [5.41, 5.74) is 2.79. The van der Waals surface area contributed by atoms with Crippen molar-refractivity contribution in [2.75, 3.05) is 10.6 Å². The van der Waals surface area contributed by atoms with E-state index in [1.165, 1.54) is 23.1 Å². The van der Waals surface area contributed by atoms with Crippen molar-refractivity contribution in [2.45, 2.75) is 58.0 Å². The molecular formula is C21H26N6O2S2. The Morgan fingerprint density at radius 1 is 1.13 bits per heavy atom. The molecule has 0 aliphatic carbocycles. The van der Waals surface area contributed by atoms with Crippen LogP contribution in [0.15, 0.2) is 29.4 Å². The number of carbonyl (C=O) groups excluding carboxylic acids is 2. The molecule has 31 heavy (non-hydrogen) atoms. The Bertz CT molecular complexity index is 1050. The van der Waals surface area contributed by atoms with Crippen LogP contribution in [0, 0.1) is 20.8 Å². The number of benzene rings is 1. The molecule has 0 fully saturated rings. The number of nitrogens with one attached hydrogen (secondary N) is 2. The van der Waals surface area contributed by atoms with Crippen LogP contribution < -0.4 is 10.6 Å². The van der Waals surface area contributed by atoms with Crippen molar-refractivity contribution in [1.82, 2.24) is 19.7 Å². The molecule has 0 bridgehead atoms. The Kier molecular flexibility index (Phi) is 7.45. The molecule has 0 saturated carbocycles. The summed E-state index contributed by atoms with van der Waals surface area (Å²) in [7, 11) is 0. The van der Waals surface area contributed by atoms with Crippen LogP contribution in [0.5, 0.6) is 0 Å². The number of rotatable bonds is 8. The highest BCUT2D eigenvalue weighted by Crippen LogP contribution is 2.26. The minimum atomic E-state index is -0.395. The van der Waals surface area contributed by atoms with Gasteiger partial charge in [0.25, 0.3) is 0 Å². The highest BCUT2D eigenvalue weighted by Gasteiger charge is 2.21. The van der Waals surface area contributed by atoms with Crippen molar-refractivity contribution in [2.24, 2.45) is 0 Å². The zero-order chi connectivity index (χ0) is 22.5. The van der Waals surface area contributed by atoms with Crippen LogP contribution in [0.1, 0.15) is 35.8 Å². The number of amides is 2. The number of hydrogen-bond acceptors (Lipinski definition) is 7. The molecule has 10 heteroatoms. The summed E-state index contributed by atoms with van der Waals surface area (Å²) in [6.45, 7) is 10.3. The van der Waals surface area contributed by atoms with Gasteiger partial charge in [0.1, 0.15) is 5.82 Å². The van der Waals surface area contributed by atoms with Crippen LogP contribution in [-0.2, 0) is 22.6 Å². The Morgan fingerprint density at radius 3 is 2.45 bits per heavy atom. The van der Waals surface area contributed by atoms with Gasteiger partial charge in [-0.05, 0) is 46.8 Å². The molecule has 0 spiro atoms. The van der Waals surface area contributed by atoms with Gasteiger partial charge in [-0.1, -0.05) is 29.5 Å². The monoisotopic (exact) mass is 458 g/mol. The van der Waals surface area contributed by atoms with E-state index in [1.807, 2.05) is 63.5 Å². The van der Waals surface area contributed by atoms with Gasteiger partial charge in [-0.25, -0.2) is 4.98 Å². The van der Waals surface area contributed by atoms with E-state index in [9.17, 15) is 9.59 Å². The average molecular weight is 459 g/mol. The van der Waals surface area contributed by atoms with Crippen molar-refractivity contribution in [3.8, 4) is 0 Å². The predicted octanol–water partition coefficient (Wildman–Crippen LogP) is 3.98. The van der Waals surface area contributed by atoms with Gasteiger partial charge in [0.05, 0.1) is 17.4 Å². The van der Waals surface area contributed by atoms with Crippen LogP contribution in [-0.4, -0.2) is 36.8 Å². The number of anilines is 2. The molecule has 3 rings (SSSR count). The number of thioether (sulfide) groups is 1. The lowest BCUT2D eigenvalue weighted by atomic mass is 10.2. The van der Waals surface area contributed by atoms with E-state index in [0.717, 1.165) is 21.8 Å². The van der Waals surface area contributed by atoms with Gasteiger partial charge in [-0.2, -0.15) is 0 Å². The molecule has 0 unspecified atom stereocenters. The minimum absolute atomic E-state index is 0.105. The van der Waals surface area contributed by atoms with Crippen LogP contribution >= 0.6 is 23.1 Å². The van der Waals surface area contributed by atoms with E-state index in [4.69, 9.17) is 0 Å². The summed E-state index contributed by atoms with van der Waals surface area (Å²) in [5, 5.41) is 14.9. The van der Waals surface area contributed by atoms with Gasteiger partial charge in [0.2, 0.25) is 11.8 Å². The normalized spacial score (nSPS) is 11.9. The molecule has 2 aromatic heterocycles. The number of carbonyl (C=O) groups is 2. The van der Waals surface area contributed by atoms with Gasteiger partial charge in [0.15, 0.2) is 10.3 Å². The first kappa shape index (κ1) is 23.0. The molecule has 0 saturated heterocycles. The summed E-state index contributed by atoms with van der Waals surface area (Å²) >= 11 is 2.77. The molecule has 0 aliphatic rings. The first-order valence-corrected chi connectivity index (χ1v) is 11.7. The van der Waals surface area contributed by atoms with Crippen molar-refractivity contribution >= 4 is 45.7 Å². The first-order valence-electron chi connectivity index (χ1n) is 9.97. The van der Waals surface area contributed by atoms with E-state index >= 15 is 0 Å². The molecule has 3 aromatic rings. The smallest absolute Gasteiger partial charge is 0.239 e. The second kappa shape index (κ2) is 10.1. The molecule has 0 aliphatic heterocycles. The molecule has 2 heterocycles. The Morgan fingerprint density at radius 2 is 1.84 bits per heavy atom. The van der Waals surface area contributed by atoms with Crippen molar-refractivity contribution in [1.29, 1.82) is 0 Å². The fourth-order valence-electron chi connectivity index (χ4n) is 2.79. The summed E-state index contributed by atoms with van der Waals surface area (Å²) in [6, 6.07) is 7.62. The second-order valence-electron chi connectivity index (χ2n) is 7.14. The van der Waals surface area contributed by atoms with Gasteiger partial charge in [-0.3, -0.25) is 9.59 Å². The Balaban J connectivity index is 1.62. The maximum absolute atomic E-state index is 12.6. The fourth-order valence-corrected chi connectivity index (χ4v) is 4.53. The van der Waals surface area contributed by atoms with E-state index in [1.54, 1.807) is 0 Å². The molecule has 1 atom stereocenters. The maximum atomic E-state index is 12.6. The van der Waals surface area contributed by atoms with E-state index in [0.29, 0.717) is 22.7 Å². The van der Waals surface area contributed by atoms with Gasteiger partial charge >= 0.3 is 0 Å². The lowest BCUT2D eigenvalue weighted by Crippen LogP contribution is -2.23. The molecule has 2 N–H and O–H groups in total.